The molecular formula is C13H19N3OS. The Morgan fingerprint density at radius 1 is 1.44 bits per heavy atom. The summed E-state index contributed by atoms with van der Waals surface area (Å²) in [7, 11) is 0. The van der Waals surface area contributed by atoms with Crippen molar-refractivity contribution in [2.45, 2.75) is 39.7 Å². The lowest BCUT2D eigenvalue weighted by atomic mass is 9.87. The van der Waals surface area contributed by atoms with Crippen LogP contribution in [-0.4, -0.2) is 16.2 Å². The molecule has 2 aromatic rings. The number of nitrogens with two attached hydrogens (primary N) is 1. The molecule has 0 amide bonds. The minimum absolute atomic E-state index is 0.0571. The van der Waals surface area contributed by atoms with Gasteiger partial charge in [0.25, 0.3) is 0 Å². The molecule has 0 aliphatic carbocycles. The van der Waals surface area contributed by atoms with Crippen LogP contribution in [0.25, 0.3) is 10.7 Å². The highest BCUT2D eigenvalue weighted by Gasteiger charge is 2.18. The van der Waals surface area contributed by atoms with Gasteiger partial charge in [-0.05, 0) is 23.3 Å². The Bertz CT molecular complexity index is 485. The minimum atomic E-state index is 0.0571. The topological polar surface area (TPSA) is 64.9 Å². The van der Waals surface area contributed by atoms with Gasteiger partial charge < -0.3 is 10.3 Å². The van der Waals surface area contributed by atoms with Gasteiger partial charge in [0.1, 0.15) is 0 Å². The van der Waals surface area contributed by atoms with Crippen molar-refractivity contribution >= 4 is 11.3 Å². The van der Waals surface area contributed by atoms with E-state index in [9.17, 15) is 0 Å². The van der Waals surface area contributed by atoms with E-state index in [0.29, 0.717) is 18.1 Å². The number of hydrogen-bond donors (Lipinski definition) is 1. The smallest absolute Gasteiger partial charge is 0.228 e. The van der Waals surface area contributed by atoms with Crippen LogP contribution in [-0.2, 0) is 6.42 Å². The molecule has 0 bridgehead atoms. The van der Waals surface area contributed by atoms with E-state index in [1.807, 2.05) is 17.5 Å². The molecule has 2 N–H and O–H groups in total. The molecular weight excluding hydrogens is 246 g/mol. The second kappa shape index (κ2) is 5.20. The lowest BCUT2D eigenvalue weighted by Gasteiger charge is -2.21. The molecule has 2 aromatic heterocycles. The quantitative estimate of drug-likeness (QED) is 0.922. The standard InChI is InChI=1S/C13H19N3OS/c1-13(2,3)8-9(14)7-11-15-12(16-17-11)10-5-4-6-18-10/h4-6,9H,7-8,14H2,1-3H3. The monoisotopic (exact) mass is 265 g/mol. The fourth-order valence-electron chi connectivity index (χ4n) is 1.93. The molecule has 0 spiro atoms. The molecule has 0 saturated carbocycles. The Labute approximate surface area is 111 Å². The van der Waals surface area contributed by atoms with Crippen LogP contribution in [0.4, 0.5) is 0 Å². The zero-order valence-corrected chi connectivity index (χ0v) is 11.8. The van der Waals surface area contributed by atoms with Crippen molar-refractivity contribution in [3.8, 4) is 10.7 Å². The number of rotatable bonds is 4. The van der Waals surface area contributed by atoms with Gasteiger partial charge in [-0.15, -0.1) is 11.3 Å². The number of hydrogen-bond acceptors (Lipinski definition) is 5. The van der Waals surface area contributed by atoms with Gasteiger partial charge in [0, 0.05) is 12.5 Å². The van der Waals surface area contributed by atoms with Crippen molar-refractivity contribution in [2.24, 2.45) is 11.1 Å². The van der Waals surface area contributed by atoms with Gasteiger partial charge in [-0.25, -0.2) is 0 Å². The Morgan fingerprint density at radius 3 is 2.83 bits per heavy atom. The Hall–Kier alpha value is -1.20. The van der Waals surface area contributed by atoms with Crippen LogP contribution in [0.15, 0.2) is 22.0 Å². The fourth-order valence-corrected chi connectivity index (χ4v) is 2.58. The van der Waals surface area contributed by atoms with Crippen molar-refractivity contribution < 1.29 is 4.52 Å². The zero-order valence-electron chi connectivity index (χ0n) is 11.0. The van der Waals surface area contributed by atoms with Crippen molar-refractivity contribution in [1.29, 1.82) is 0 Å². The van der Waals surface area contributed by atoms with E-state index >= 15 is 0 Å². The molecule has 4 nitrogen and oxygen atoms in total. The molecule has 5 heteroatoms. The summed E-state index contributed by atoms with van der Waals surface area (Å²) in [4.78, 5) is 5.40. The van der Waals surface area contributed by atoms with Gasteiger partial charge in [-0.2, -0.15) is 4.98 Å². The molecule has 0 aliphatic rings. The summed E-state index contributed by atoms with van der Waals surface area (Å²) in [6, 6.07) is 4.01. The maximum Gasteiger partial charge on any atom is 0.228 e. The predicted molar refractivity (Wildman–Crippen MR) is 73.4 cm³/mol. The van der Waals surface area contributed by atoms with E-state index in [1.54, 1.807) is 11.3 Å². The summed E-state index contributed by atoms with van der Waals surface area (Å²) < 4.78 is 5.24. The molecule has 1 atom stereocenters. The minimum Gasteiger partial charge on any atom is -0.339 e. The summed E-state index contributed by atoms with van der Waals surface area (Å²) in [5.74, 6) is 1.28. The third kappa shape index (κ3) is 3.65. The van der Waals surface area contributed by atoms with Gasteiger partial charge in [0.15, 0.2) is 0 Å². The molecule has 0 aromatic carbocycles. The van der Waals surface area contributed by atoms with Crippen LogP contribution >= 0.6 is 11.3 Å². The van der Waals surface area contributed by atoms with E-state index in [-0.39, 0.29) is 11.5 Å². The first kappa shape index (κ1) is 13.2. The maximum absolute atomic E-state index is 6.09. The first-order valence-electron chi connectivity index (χ1n) is 6.06. The normalized spacial score (nSPS) is 13.8. The fraction of sp³-hybridized carbons (Fsp3) is 0.538. The third-order valence-electron chi connectivity index (χ3n) is 2.52. The van der Waals surface area contributed by atoms with Crippen LogP contribution in [0.1, 0.15) is 33.1 Å². The summed E-state index contributed by atoms with van der Waals surface area (Å²) in [5.41, 5.74) is 6.31. The van der Waals surface area contributed by atoms with Crippen LogP contribution in [0.2, 0.25) is 0 Å². The molecule has 0 saturated heterocycles. The zero-order chi connectivity index (χ0) is 13.2. The first-order chi connectivity index (χ1) is 8.44. The van der Waals surface area contributed by atoms with Crippen molar-refractivity contribution in [3.05, 3.63) is 23.4 Å². The average molecular weight is 265 g/mol. The van der Waals surface area contributed by atoms with E-state index in [4.69, 9.17) is 10.3 Å². The largest absolute Gasteiger partial charge is 0.339 e. The van der Waals surface area contributed by atoms with Crippen LogP contribution in [0, 0.1) is 5.41 Å². The van der Waals surface area contributed by atoms with E-state index in [2.05, 4.69) is 30.9 Å². The SMILES string of the molecule is CC(C)(C)CC(N)Cc1nc(-c2cccs2)no1. The van der Waals surface area contributed by atoms with Gasteiger partial charge >= 0.3 is 0 Å². The highest BCUT2D eigenvalue weighted by Crippen LogP contribution is 2.23. The van der Waals surface area contributed by atoms with E-state index in [0.717, 1.165) is 11.3 Å². The summed E-state index contributed by atoms with van der Waals surface area (Å²) >= 11 is 1.60. The third-order valence-corrected chi connectivity index (χ3v) is 3.39. The van der Waals surface area contributed by atoms with Gasteiger partial charge in [-0.1, -0.05) is 32.0 Å². The summed E-state index contributed by atoms with van der Waals surface area (Å²) in [6.45, 7) is 6.53. The molecule has 1 unspecified atom stereocenters. The summed E-state index contributed by atoms with van der Waals surface area (Å²) in [5, 5.41) is 5.97. The Morgan fingerprint density at radius 2 is 2.22 bits per heavy atom. The lowest BCUT2D eigenvalue weighted by molar-refractivity contribution is 0.313. The number of thiophene rings is 1. The molecule has 2 rings (SSSR count). The van der Waals surface area contributed by atoms with Crippen molar-refractivity contribution in [2.75, 3.05) is 0 Å². The van der Waals surface area contributed by atoms with Crippen LogP contribution in [0.5, 0.6) is 0 Å². The highest BCUT2D eigenvalue weighted by atomic mass is 32.1. The van der Waals surface area contributed by atoms with Crippen LogP contribution < -0.4 is 5.73 Å². The average Bonchev–Trinajstić information content (AvgIpc) is 2.82. The molecule has 0 aliphatic heterocycles. The molecule has 2 heterocycles. The van der Waals surface area contributed by atoms with Gasteiger partial charge in [0.2, 0.25) is 11.7 Å². The van der Waals surface area contributed by atoms with Crippen molar-refractivity contribution in [3.63, 3.8) is 0 Å². The van der Waals surface area contributed by atoms with E-state index in [1.165, 1.54) is 0 Å². The maximum atomic E-state index is 6.09. The van der Waals surface area contributed by atoms with E-state index < -0.39 is 0 Å². The second-order valence-electron chi connectivity index (χ2n) is 5.72. The van der Waals surface area contributed by atoms with Gasteiger partial charge in [0.05, 0.1) is 4.88 Å². The predicted octanol–water partition coefficient (Wildman–Crippen LogP) is 3.10. The van der Waals surface area contributed by atoms with Crippen LogP contribution in [0.3, 0.4) is 0 Å². The first-order valence-corrected chi connectivity index (χ1v) is 6.94. The number of aromatic nitrogens is 2. The molecule has 98 valence electrons. The molecule has 0 fully saturated rings. The Kier molecular flexibility index (Phi) is 3.82. The summed E-state index contributed by atoms with van der Waals surface area (Å²) in [6.07, 6.45) is 1.57. The number of nitrogens with zero attached hydrogens (tertiary/aromatic N) is 2. The molecule has 0 radical (unpaired) electrons. The molecule has 18 heavy (non-hydrogen) atoms. The van der Waals surface area contributed by atoms with Gasteiger partial charge in [-0.3, -0.25) is 0 Å². The Balaban J connectivity index is 1.99. The second-order valence-corrected chi connectivity index (χ2v) is 6.67. The highest BCUT2D eigenvalue weighted by molar-refractivity contribution is 7.13. The van der Waals surface area contributed by atoms with Crippen molar-refractivity contribution in [1.82, 2.24) is 10.1 Å². The lowest BCUT2D eigenvalue weighted by Crippen LogP contribution is -2.28.